The molecular weight excluding hydrogens is 440 g/mol. The highest BCUT2D eigenvalue weighted by atomic mass is 32.2. The number of anilines is 2. The summed E-state index contributed by atoms with van der Waals surface area (Å²) in [5.41, 5.74) is 2.24. The van der Waals surface area contributed by atoms with Gasteiger partial charge in [0.15, 0.2) is 0 Å². The number of nitrogens with one attached hydrogen (secondary N) is 2. The molecular formula is C24H32N4O4S. The molecule has 2 aliphatic rings. The van der Waals surface area contributed by atoms with Crippen LogP contribution in [-0.4, -0.2) is 71.2 Å². The Hall–Kier alpha value is -2.46. The van der Waals surface area contributed by atoms with E-state index in [2.05, 4.69) is 26.8 Å². The lowest BCUT2D eigenvalue weighted by atomic mass is 10.2. The van der Waals surface area contributed by atoms with E-state index in [1.807, 2.05) is 24.3 Å². The predicted molar refractivity (Wildman–Crippen MR) is 129 cm³/mol. The smallest absolute Gasteiger partial charge is 0.255 e. The molecule has 0 bridgehead atoms. The molecule has 178 valence electrons. The SMILES string of the molecule is CCN1CCN(c2ccc(NC(=O)c3ccc(S(=O)(=O)NCC4CCCO4)cc3)cc2)CC1. The molecule has 0 aliphatic carbocycles. The lowest BCUT2D eigenvalue weighted by Crippen LogP contribution is -2.46. The average molecular weight is 473 g/mol. The molecule has 0 spiro atoms. The fourth-order valence-corrected chi connectivity index (χ4v) is 5.22. The molecule has 2 saturated heterocycles. The standard InChI is InChI=1S/C24H32N4O4S/c1-2-27-13-15-28(16-14-27)21-9-7-20(8-10-21)26-24(29)19-5-11-23(12-6-19)33(30,31)25-18-22-4-3-17-32-22/h5-12,22,25H,2-4,13-18H2,1H3,(H,26,29). The van der Waals surface area contributed by atoms with Crippen molar-refractivity contribution in [3.05, 3.63) is 54.1 Å². The van der Waals surface area contributed by atoms with E-state index in [4.69, 9.17) is 4.74 Å². The van der Waals surface area contributed by atoms with Crippen molar-refractivity contribution in [3.8, 4) is 0 Å². The first-order chi connectivity index (χ1) is 15.9. The van der Waals surface area contributed by atoms with E-state index in [9.17, 15) is 13.2 Å². The molecule has 1 unspecified atom stereocenters. The van der Waals surface area contributed by atoms with Crippen LogP contribution in [-0.2, 0) is 14.8 Å². The Bertz CT molecular complexity index is 1030. The molecule has 2 aromatic rings. The van der Waals surface area contributed by atoms with Crippen LogP contribution in [0, 0.1) is 0 Å². The van der Waals surface area contributed by atoms with Crippen LogP contribution in [0.3, 0.4) is 0 Å². The monoisotopic (exact) mass is 472 g/mol. The lowest BCUT2D eigenvalue weighted by molar-refractivity contribution is 0.102. The molecule has 2 aliphatic heterocycles. The van der Waals surface area contributed by atoms with Gasteiger partial charge in [0.2, 0.25) is 10.0 Å². The molecule has 1 atom stereocenters. The zero-order valence-electron chi connectivity index (χ0n) is 19.0. The minimum atomic E-state index is -3.64. The highest BCUT2D eigenvalue weighted by Crippen LogP contribution is 2.20. The number of hydrogen-bond acceptors (Lipinski definition) is 6. The van der Waals surface area contributed by atoms with Crippen LogP contribution >= 0.6 is 0 Å². The van der Waals surface area contributed by atoms with Crippen molar-refractivity contribution in [1.29, 1.82) is 0 Å². The van der Waals surface area contributed by atoms with E-state index in [1.165, 1.54) is 24.3 Å². The first-order valence-electron chi connectivity index (χ1n) is 11.5. The van der Waals surface area contributed by atoms with Gasteiger partial charge in [-0.1, -0.05) is 6.92 Å². The summed E-state index contributed by atoms with van der Waals surface area (Å²) in [5, 5.41) is 2.88. The van der Waals surface area contributed by atoms with Gasteiger partial charge in [0.05, 0.1) is 11.0 Å². The largest absolute Gasteiger partial charge is 0.377 e. The van der Waals surface area contributed by atoms with Crippen molar-refractivity contribution < 1.29 is 17.9 Å². The second-order valence-corrected chi connectivity index (χ2v) is 10.2. The Morgan fingerprint density at radius 2 is 1.73 bits per heavy atom. The third-order valence-corrected chi connectivity index (χ3v) is 7.70. The summed E-state index contributed by atoms with van der Waals surface area (Å²) >= 11 is 0. The Kier molecular flexibility index (Phi) is 7.64. The van der Waals surface area contributed by atoms with Gasteiger partial charge in [0.1, 0.15) is 0 Å². The normalized spacial score (nSPS) is 19.5. The number of carbonyl (C=O) groups is 1. The van der Waals surface area contributed by atoms with E-state index in [-0.39, 0.29) is 23.5 Å². The molecule has 2 fully saturated rings. The molecule has 2 aromatic carbocycles. The molecule has 1 amide bonds. The van der Waals surface area contributed by atoms with Crippen LogP contribution in [0.1, 0.15) is 30.1 Å². The number of carbonyl (C=O) groups excluding carboxylic acids is 1. The minimum Gasteiger partial charge on any atom is -0.377 e. The molecule has 4 rings (SSSR count). The first-order valence-corrected chi connectivity index (χ1v) is 13.0. The van der Waals surface area contributed by atoms with Gasteiger partial charge in [0.25, 0.3) is 5.91 Å². The van der Waals surface area contributed by atoms with Crippen LogP contribution < -0.4 is 14.9 Å². The van der Waals surface area contributed by atoms with Crippen LogP contribution in [0.2, 0.25) is 0 Å². The van der Waals surface area contributed by atoms with Crippen molar-refractivity contribution in [2.45, 2.75) is 30.8 Å². The number of piperazine rings is 1. The minimum absolute atomic E-state index is 0.0721. The fourth-order valence-electron chi connectivity index (χ4n) is 4.16. The van der Waals surface area contributed by atoms with E-state index < -0.39 is 10.0 Å². The average Bonchev–Trinajstić information content (AvgIpc) is 3.37. The van der Waals surface area contributed by atoms with E-state index in [1.54, 1.807) is 0 Å². The number of sulfonamides is 1. The third-order valence-electron chi connectivity index (χ3n) is 6.26. The van der Waals surface area contributed by atoms with Crippen LogP contribution in [0.25, 0.3) is 0 Å². The van der Waals surface area contributed by atoms with Crippen molar-refractivity contribution in [3.63, 3.8) is 0 Å². The number of hydrogen-bond donors (Lipinski definition) is 2. The molecule has 33 heavy (non-hydrogen) atoms. The van der Waals surface area contributed by atoms with Gasteiger partial charge in [-0.2, -0.15) is 0 Å². The van der Waals surface area contributed by atoms with Crippen molar-refractivity contribution in [2.24, 2.45) is 0 Å². The summed E-state index contributed by atoms with van der Waals surface area (Å²) in [6, 6.07) is 13.8. The molecule has 8 nitrogen and oxygen atoms in total. The van der Waals surface area contributed by atoms with Gasteiger partial charge in [0, 0.05) is 56.3 Å². The Morgan fingerprint density at radius 1 is 1.03 bits per heavy atom. The van der Waals surface area contributed by atoms with E-state index in [0.717, 1.165) is 51.3 Å². The summed E-state index contributed by atoms with van der Waals surface area (Å²) in [4.78, 5) is 17.5. The van der Waals surface area contributed by atoms with Crippen molar-refractivity contribution >= 4 is 27.3 Å². The number of ether oxygens (including phenoxy) is 1. The number of amides is 1. The fraction of sp³-hybridized carbons (Fsp3) is 0.458. The topological polar surface area (TPSA) is 91.0 Å². The number of likely N-dealkylation sites (N-methyl/N-ethyl adjacent to an activating group) is 1. The maximum Gasteiger partial charge on any atom is 0.255 e. The third kappa shape index (κ3) is 6.11. The van der Waals surface area contributed by atoms with Gasteiger partial charge in [-0.3, -0.25) is 4.79 Å². The molecule has 0 saturated carbocycles. The predicted octanol–water partition coefficient (Wildman–Crippen LogP) is 2.54. The maximum absolute atomic E-state index is 12.6. The molecule has 2 N–H and O–H groups in total. The molecule has 2 heterocycles. The summed E-state index contributed by atoms with van der Waals surface area (Å²) < 4.78 is 33.0. The zero-order valence-corrected chi connectivity index (χ0v) is 19.8. The van der Waals surface area contributed by atoms with E-state index in [0.29, 0.717) is 17.9 Å². The van der Waals surface area contributed by atoms with Gasteiger partial charge in [-0.25, -0.2) is 13.1 Å². The Balaban J connectivity index is 1.32. The maximum atomic E-state index is 12.6. The Morgan fingerprint density at radius 3 is 2.33 bits per heavy atom. The van der Waals surface area contributed by atoms with Crippen molar-refractivity contribution in [2.75, 3.05) is 56.1 Å². The van der Waals surface area contributed by atoms with E-state index >= 15 is 0 Å². The van der Waals surface area contributed by atoms with Crippen LogP contribution in [0.15, 0.2) is 53.4 Å². The van der Waals surface area contributed by atoms with Gasteiger partial charge in [-0.15, -0.1) is 0 Å². The molecule has 0 radical (unpaired) electrons. The quantitative estimate of drug-likeness (QED) is 0.614. The van der Waals surface area contributed by atoms with Crippen LogP contribution in [0.5, 0.6) is 0 Å². The first kappa shape index (κ1) is 23.7. The number of benzene rings is 2. The van der Waals surface area contributed by atoms with Crippen molar-refractivity contribution in [1.82, 2.24) is 9.62 Å². The second-order valence-electron chi connectivity index (χ2n) is 8.43. The lowest BCUT2D eigenvalue weighted by Gasteiger charge is -2.35. The summed E-state index contributed by atoms with van der Waals surface area (Å²) in [6.45, 7) is 8.31. The summed E-state index contributed by atoms with van der Waals surface area (Å²) in [5.74, 6) is -0.282. The highest BCUT2D eigenvalue weighted by molar-refractivity contribution is 7.89. The van der Waals surface area contributed by atoms with Crippen LogP contribution in [0.4, 0.5) is 11.4 Å². The number of rotatable bonds is 8. The molecule has 9 heteroatoms. The highest BCUT2D eigenvalue weighted by Gasteiger charge is 2.21. The summed E-state index contributed by atoms with van der Waals surface area (Å²) in [6.07, 6.45) is 1.74. The van der Waals surface area contributed by atoms with Gasteiger partial charge >= 0.3 is 0 Å². The molecule has 0 aromatic heterocycles. The van der Waals surface area contributed by atoms with Gasteiger partial charge < -0.3 is 19.9 Å². The van der Waals surface area contributed by atoms with Gasteiger partial charge in [-0.05, 0) is 67.9 Å². The second kappa shape index (κ2) is 10.6. The zero-order chi connectivity index (χ0) is 23.3. The number of nitrogens with zero attached hydrogens (tertiary/aromatic N) is 2. The summed E-state index contributed by atoms with van der Waals surface area (Å²) in [7, 11) is -3.64. The Labute approximate surface area is 196 Å².